The number of nitrogens with zero attached hydrogens (tertiary/aromatic N) is 1. The highest BCUT2D eigenvalue weighted by molar-refractivity contribution is 6.27. The molecule has 0 amide bonds. The van der Waals surface area contributed by atoms with Gasteiger partial charge in [-0.05, 0) is 38.3 Å². The summed E-state index contributed by atoms with van der Waals surface area (Å²) in [5.41, 5.74) is -2.17. The Morgan fingerprint density at radius 2 is 1.81 bits per heavy atom. The van der Waals surface area contributed by atoms with Crippen LogP contribution in [0.25, 0.3) is 5.76 Å². The lowest BCUT2D eigenvalue weighted by molar-refractivity contribution is -0.156. The van der Waals surface area contributed by atoms with Crippen molar-refractivity contribution in [2.24, 2.45) is 11.8 Å². The van der Waals surface area contributed by atoms with Crippen LogP contribution < -0.4 is 0 Å². The van der Waals surface area contributed by atoms with Gasteiger partial charge in [0, 0.05) is 31.1 Å². The summed E-state index contributed by atoms with van der Waals surface area (Å²) in [5, 5.41) is 10.9. The summed E-state index contributed by atoms with van der Waals surface area (Å²) in [6, 6.07) is 1.66. The van der Waals surface area contributed by atoms with E-state index in [0.717, 1.165) is 6.07 Å². The first-order valence-corrected chi connectivity index (χ1v) is 10.0. The fourth-order valence-corrected chi connectivity index (χ4v) is 3.96. The van der Waals surface area contributed by atoms with Crippen LogP contribution in [0.4, 0.5) is 13.2 Å². The highest BCUT2D eigenvalue weighted by Crippen LogP contribution is 2.42. The van der Waals surface area contributed by atoms with E-state index in [2.05, 4.69) is 4.98 Å². The van der Waals surface area contributed by atoms with E-state index in [1.54, 1.807) is 6.92 Å². The number of aromatic nitrogens is 1. The maximum atomic E-state index is 13.3. The molecule has 0 aromatic carbocycles. The van der Waals surface area contributed by atoms with Crippen LogP contribution in [0.5, 0.6) is 0 Å². The fraction of sp³-hybridized carbons (Fsp3) is 0.571. The van der Waals surface area contributed by atoms with Gasteiger partial charge in [0.05, 0.1) is 13.2 Å². The lowest BCUT2D eigenvalue weighted by Crippen LogP contribution is -2.30. The number of Topliss-reactive ketones (excluding diaryl/α,β-unsaturated/α-hetero) is 2. The van der Waals surface area contributed by atoms with Crippen LogP contribution in [0, 0.1) is 11.8 Å². The number of ether oxygens (including phenoxy) is 3. The molecule has 0 radical (unpaired) electrons. The molecule has 2 aliphatic rings. The Bertz CT molecular complexity index is 858. The molecule has 3 atom stereocenters. The second-order valence-electron chi connectivity index (χ2n) is 7.44. The minimum atomic E-state index is -4.76. The van der Waals surface area contributed by atoms with Crippen molar-refractivity contribution >= 4 is 17.3 Å². The van der Waals surface area contributed by atoms with Crippen molar-refractivity contribution in [3.05, 3.63) is 34.7 Å². The average Bonchev–Trinajstić information content (AvgIpc) is 3.18. The predicted molar refractivity (Wildman–Crippen MR) is 102 cm³/mol. The Kier molecular flexibility index (Phi) is 7.13. The normalized spacial score (nSPS) is 22.2. The molecule has 1 N–H and O–H groups in total. The maximum Gasteiger partial charge on any atom is 0.433 e. The summed E-state index contributed by atoms with van der Waals surface area (Å²) in [6.45, 7) is 1.82. The molecule has 2 saturated carbocycles. The van der Waals surface area contributed by atoms with Crippen LogP contribution in [0.3, 0.4) is 0 Å². The van der Waals surface area contributed by atoms with Crippen LogP contribution in [0.15, 0.2) is 17.7 Å². The molecular formula is C21H24F3NO6. The number of aliphatic hydroxyl groups is 1. The number of rotatable bonds is 8. The van der Waals surface area contributed by atoms with Gasteiger partial charge in [-0.3, -0.25) is 9.59 Å². The molecule has 1 heterocycles. The van der Waals surface area contributed by atoms with Crippen LogP contribution >= 0.6 is 0 Å². The number of hydrogen-bond acceptors (Lipinski definition) is 7. The largest absolute Gasteiger partial charge is 0.506 e. The van der Waals surface area contributed by atoms with Crippen molar-refractivity contribution in [1.29, 1.82) is 0 Å². The average molecular weight is 443 g/mol. The van der Waals surface area contributed by atoms with Gasteiger partial charge in [-0.2, -0.15) is 13.2 Å². The number of hydrogen-bond donors (Lipinski definition) is 1. The monoisotopic (exact) mass is 443 g/mol. The third kappa shape index (κ3) is 4.81. The third-order valence-corrected chi connectivity index (χ3v) is 5.47. The first-order valence-electron chi connectivity index (χ1n) is 10.0. The Balaban J connectivity index is 2.12. The molecule has 170 valence electrons. The summed E-state index contributed by atoms with van der Waals surface area (Å²) < 4.78 is 55.7. The number of ketones is 2. The molecule has 0 saturated heterocycles. The Morgan fingerprint density at radius 3 is 2.35 bits per heavy atom. The summed E-state index contributed by atoms with van der Waals surface area (Å²) in [6.07, 6.45) is -4.59. The summed E-state index contributed by atoms with van der Waals surface area (Å²) in [5.74, 6) is -2.41. The van der Waals surface area contributed by atoms with E-state index in [-0.39, 0.29) is 48.5 Å². The number of carbonyl (C=O) groups excluding carboxylic acids is 2. The number of carbonyl (C=O) groups is 2. The van der Waals surface area contributed by atoms with Gasteiger partial charge in [0.1, 0.15) is 22.7 Å². The topological polar surface area (TPSA) is 94.9 Å². The quantitative estimate of drug-likeness (QED) is 0.216. The van der Waals surface area contributed by atoms with Gasteiger partial charge in [0.25, 0.3) is 0 Å². The van der Waals surface area contributed by atoms with Crippen molar-refractivity contribution in [1.82, 2.24) is 4.98 Å². The van der Waals surface area contributed by atoms with Crippen molar-refractivity contribution in [2.45, 2.75) is 38.7 Å². The second-order valence-corrected chi connectivity index (χ2v) is 7.44. The number of fused-ring (bicyclic) bond motifs is 2. The number of halogens is 3. The zero-order valence-corrected chi connectivity index (χ0v) is 17.2. The number of aliphatic hydroxyl groups excluding tert-OH is 1. The molecule has 1 aromatic rings. The summed E-state index contributed by atoms with van der Waals surface area (Å²) in [4.78, 5) is 29.1. The smallest absolute Gasteiger partial charge is 0.433 e. The number of alkyl halides is 3. The van der Waals surface area contributed by atoms with Crippen LogP contribution in [0.1, 0.15) is 49.4 Å². The van der Waals surface area contributed by atoms with Gasteiger partial charge >= 0.3 is 6.18 Å². The van der Waals surface area contributed by atoms with E-state index < -0.39 is 35.5 Å². The van der Waals surface area contributed by atoms with Crippen molar-refractivity contribution < 1.29 is 42.1 Å². The Morgan fingerprint density at radius 1 is 1.16 bits per heavy atom. The van der Waals surface area contributed by atoms with Gasteiger partial charge in [0.15, 0.2) is 11.6 Å². The zero-order valence-electron chi connectivity index (χ0n) is 17.2. The van der Waals surface area contributed by atoms with Crippen LogP contribution in [-0.4, -0.2) is 48.6 Å². The number of allylic oxidation sites excluding steroid dienone is 1. The molecule has 31 heavy (non-hydrogen) atoms. The molecule has 10 heteroatoms. The molecule has 0 spiro atoms. The molecule has 3 unspecified atom stereocenters. The van der Waals surface area contributed by atoms with Gasteiger partial charge in [-0.25, -0.2) is 4.98 Å². The minimum Gasteiger partial charge on any atom is -0.506 e. The SMILES string of the molecule is CCOC(OCCOC)c1nc(C(F)(F)F)ccc1C(O)=C1C(=O)C2CCC(C2)C1=O. The van der Waals surface area contributed by atoms with E-state index in [4.69, 9.17) is 14.2 Å². The fourth-order valence-electron chi connectivity index (χ4n) is 3.96. The molecule has 2 fully saturated rings. The van der Waals surface area contributed by atoms with Gasteiger partial charge in [-0.1, -0.05) is 0 Å². The van der Waals surface area contributed by atoms with Crippen molar-refractivity contribution in [3.63, 3.8) is 0 Å². The highest BCUT2D eigenvalue weighted by atomic mass is 19.4. The number of pyridine rings is 1. The lowest BCUT2D eigenvalue weighted by Gasteiger charge is -2.23. The van der Waals surface area contributed by atoms with Crippen LogP contribution in [-0.2, 0) is 30.0 Å². The zero-order chi connectivity index (χ0) is 22.8. The number of methoxy groups -OCH3 is 1. The summed E-state index contributed by atoms with van der Waals surface area (Å²) in [7, 11) is 1.43. The van der Waals surface area contributed by atoms with E-state index in [1.165, 1.54) is 7.11 Å². The maximum absolute atomic E-state index is 13.3. The molecule has 2 aliphatic carbocycles. The molecule has 2 bridgehead atoms. The first kappa shape index (κ1) is 23.4. The van der Waals surface area contributed by atoms with Gasteiger partial charge in [0.2, 0.25) is 6.29 Å². The highest BCUT2D eigenvalue weighted by Gasteiger charge is 2.46. The molecule has 0 aliphatic heterocycles. The Labute approximate surface area is 177 Å². The molecule has 7 nitrogen and oxygen atoms in total. The predicted octanol–water partition coefficient (Wildman–Crippen LogP) is 3.64. The minimum absolute atomic E-state index is 0.0160. The van der Waals surface area contributed by atoms with Crippen molar-refractivity contribution in [3.8, 4) is 0 Å². The van der Waals surface area contributed by atoms with Crippen LogP contribution in [0.2, 0.25) is 0 Å². The molecule has 3 rings (SSSR count). The third-order valence-electron chi connectivity index (χ3n) is 5.47. The first-order chi connectivity index (χ1) is 14.7. The lowest BCUT2D eigenvalue weighted by atomic mass is 9.81. The van der Waals surface area contributed by atoms with E-state index in [9.17, 15) is 27.9 Å². The van der Waals surface area contributed by atoms with E-state index in [1.807, 2.05) is 0 Å². The van der Waals surface area contributed by atoms with Crippen molar-refractivity contribution in [2.75, 3.05) is 26.9 Å². The molecule has 1 aromatic heterocycles. The summed E-state index contributed by atoms with van der Waals surface area (Å²) >= 11 is 0. The van der Waals surface area contributed by atoms with E-state index in [0.29, 0.717) is 25.3 Å². The van der Waals surface area contributed by atoms with E-state index >= 15 is 0 Å². The second kappa shape index (κ2) is 9.46. The van der Waals surface area contributed by atoms with Gasteiger partial charge < -0.3 is 19.3 Å². The molecular weight excluding hydrogens is 419 g/mol. The Hall–Kier alpha value is -2.30. The standard InChI is InChI=1S/C21H24F3NO6/c1-3-30-20(31-9-8-29-2)16-13(6-7-14(25-16)21(22,23)24)19(28)15-17(26)11-4-5-12(10-11)18(15)27/h6-7,11-12,20,28H,3-5,8-10H2,1-2H3. The van der Waals surface area contributed by atoms with Gasteiger partial charge in [-0.15, -0.1) is 0 Å².